The van der Waals surface area contributed by atoms with Crippen LogP contribution in [0.25, 0.3) is 0 Å². The maximum atomic E-state index is 13.0. The zero-order valence-corrected chi connectivity index (χ0v) is 17.8. The third kappa shape index (κ3) is 4.65. The molecule has 2 amide bonds. The van der Waals surface area contributed by atoms with Crippen molar-refractivity contribution < 1.29 is 18.6 Å². The third-order valence-corrected chi connectivity index (χ3v) is 5.33. The van der Waals surface area contributed by atoms with Crippen molar-refractivity contribution in [2.24, 2.45) is 0 Å². The molecule has 0 radical (unpaired) electrons. The summed E-state index contributed by atoms with van der Waals surface area (Å²) in [6.45, 7) is 10.7. The lowest BCUT2D eigenvalue weighted by Crippen LogP contribution is -2.51. The Labute approximate surface area is 170 Å². The van der Waals surface area contributed by atoms with Crippen molar-refractivity contribution in [1.82, 2.24) is 25.1 Å². The van der Waals surface area contributed by atoms with Crippen LogP contribution in [0.15, 0.2) is 9.05 Å². The van der Waals surface area contributed by atoms with Crippen LogP contribution in [0.3, 0.4) is 0 Å². The van der Waals surface area contributed by atoms with Gasteiger partial charge < -0.3 is 18.8 Å². The molecule has 29 heavy (non-hydrogen) atoms. The first-order valence-corrected chi connectivity index (χ1v) is 10.1. The molecular formula is C20H29N5O4. The van der Waals surface area contributed by atoms with Crippen molar-refractivity contribution in [2.75, 3.05) is 19.6 Å². The maximum Gasteiger partial charge on any atom is 0.259 e. The van der Waals surface area contributed by atoms with E-state index in [1.165, 1.54) is 0 Å². The Morgan fingerprint density at radius 2 is 2.00 bits per heavy atom. The topological polar surface area (TPSA) is 106 Å². The summed E-state index contributed by atoms with van der Waals surface area (Å²) < 4.78 is 10.4. The normalized spacial score (nSPS) is 17.0. The molecule has 2 aromatic rings. The number of nitrogens with zero attached hydrogens (tertiary/aromatic N) is 5. The zero-order chi connectivity index (χ0) is 21.1. The standard InChI is InChI=1S/C20H29N5O4/c1-12(2)19-21-17(23-29-19)8-10-25(15(5)26)16-7-6-9-24(11-16)20(27)18-13(3)22-28-14(18)4/h12,16H,6-11H2,1-5H3. The summed E-state index contributed by atoms with van der Waals surface area (Å²) in [5, 5.41) is 7.89. The first-order valence-electron chi connectivity index (χ1n) is 10.1. The molecule has 1 unspecified atom stereocenters. The number of likely N-dealkylation sites (tertiary alicyclic amines) is 1. The number of aromatic nitrogens is 3. The Bertz CT molecular complexity index is 853. The third-order valence-electron chi connectivity index (χ3n) is 5.33. The van der Waals surface area contributed by atoms with Crippen molar-refractivity contribution in [3.8, 4) is 0 Å². The molecule has 1 aliphatic rings. The summed E-state index contributed by atoms with van der Waals surface area (Å²) in [5.74, 6) is 1.78. The molecule has 158 valence electrons. The van der Waals surface area contributed by atoms with Gasteiger partial charge in [0.1, 0.15) is 11.3 Å². The van der Waals surface area contributed by atoms with Gasteiger partial charge in [-0.05, 0) is 26.7 Å². The average Bonchev–Trinajstić information content (AvgIpc) is 3.28. The van der Waals surface area contributed by atoms with Gasteiger partial charge in [0.25, 0.3) is 5.91 Å². The Hall–Kier alpha value is -2.71. The van der Waals surface area contributed by atoms with Gasteiger partial charge in [-0.2, -0.15) is 4.98 Å². The van der Waals surface area contributed by atoms with Crippen molar-refractivity contribution in [2.45, 2.75) is 65.8 Å². The number of rotatable bonds is 6. The highest BCUT2D eigenvalue weighted by Crippen LogP contribution is 2.22. The number of carbonyl (C=O) groups is 2. The second-order valence-electron chi connectivity index (χ2n) is 7.91. The van der Waals surface area contributed by atoms with Gasteiger partial charge in [-0.15, -0.1) is 0 Å². The smallest absolute Gasteiger partial charge is 0.259 e. The molecule has 0 bridgehead atoms. The number of hydrogen-bond acceptors (Lipinski definition) is 7. The summed E-state index contributed by atoms with van der Waals surface area (Å²) >= 11 is 0. The summed E-state index contributed by atoms with van der Waals surface area (Å²) in [7, 11) is 0. The van der Waals surface area contributed by atoms with Crippen LogP contribution in [0.1, 0.15) is 73.1 Å². The molecule has 0 N–H and O–H groups in total. The summed E-state index contributed by atoms with van der Waals surface area (Å²) in [6, 6.07) is -0.0397. The Kier molecular flexibility index (Phi) is 6.34. The van der Waals surface area contributed by atoms with E-state index in [0.29, 0.717) is 54.8 Å². The zero-order valence-electron chi connectivity index (χ0n) is 17.8. The van der Waals surface area contributed by atoms with Crippen LogP contribution in [-0.4, -0.2) is 62.6 Å². The molecule has 2 aromatic heterocycles. The van der Waals surface area contributed by atoms with Gasteiger partial charge in [-0.1, -0.05) is 24.2 Å². The molecule has 3 heterocycles. The van der Waals surface area contributed by atoms with Gasteiger partial charge in [0.15, 0.2) is 5.82 Å². The summed E-state index contributed by atoms with van der Waals surface area (Å²) in [6.07, 6.45) is 2.21. The van der Waals surface area contributed by atoms with E-state index in [0.717, 1.165) is 12.8 Å². The lowest BCUT2D eigenvalue weighted by atomic mass is 10.0. The van der Waals surface area contributed by atoms with E-state index < -0.39 is 0 Å². The molecule has 9 nitrogen and oxygen atoms in total. The van der Waals surface area contributed by atoms with E-state index in [1.54, 1.807) is 25.7 Å². The Morgan fingerprint density at radius 1 is 1.24 bits per heavy atom. The molecule has 1 aliphatic heterocycles. The highest BCUT2D eigenvalue weighted by Gasteiger charge is 2.32. The molecule has 1 saturated heterocycles. The average molecular weight is 403 g/mol. The summed E-state index contributed by atoms with van der Waals surface area (Å²) in [5.41, 5.74) is 1.11. The first-order chi connectivity index (χ1) is 13.8. The van der Waals surface area contributed by atoms with Gasteiger partial charge in [-0.3, -0.25) is 9.59 Å². The number of aryl methyl sites for hydroxylation is 2. The van der Waals surface area contributed by atoms with Crippen LogP contribution in [-0.2, 0) is 11.2 Å². The fraction of sp³-hybridized carbons (Fsp3) is 0.650. The lowest BCUT2D eigenvalue weighted by molar-refractivity contribution is -0.132. The van der Waals surface area contributed by atoms with Crippen molar-refractivity contribution >= 4 is 11.8 Å². The van der Waals surface area contributed by atoms with Gasteiger partial charge in [0.2, 0.25) is 11.8 Å². The molecule has 1 fully saturated rings. The fourth-order valence-corrected chi connectivity index (χ4v) is 3.76. The lowest BCUT2D eigenvalue weighted by Gasteiger charge is -2.39. The van der Waals surface area contributed by atoms with E-state index in [1.807, 2.05) is 18.7 Å². The second kappa shape index (κ2) is 8.75. The quantitative estimate of drug-likeness (QED) is 0.729. The molecule has 1 atom stereocenters. The SMILES string of the molecule is CC(=O)N(CCc1noc(C(C)C)n1)C1CCCN(C(=O)c2c(C)noc2C)C1. The van der Waals surface area contributed by atoms with Gasteiger partial charge in [0.05, 0.1) is 5.69 Å². The number of amides is 2. The number of piperidine rings is 1. The predicted molar refractivity (Wildman–Crippen MR) is 104 cm³/mol. The molecule has 0 saturated carbocycles. The van der Waals surface area contributed by atoms with E-state index >= 15 is 0 Å². The monoisotopic (exact) mass is 403 g/mol. The predicted octanol–water partition coefficient (Wildman–Crippen LogP) is 2.49. The van der Waals surface area contributed by atoms with Crippen molar-refractivity contribution in [3.63, 3.8) is 0 Å². The van der Waals surface area contributed by atoms with E-state index in [4.69, 9.17) is 9.05 Å². The molecule has 3 rings (SSSR count). The minimum Gasteiger partial charge on any atom is -0.361 e. The fourth-order valence-electron chi connectivity index (χ4n) is 3.76. The highest BCUT2D eigenvalue weighted by molar-refractivity contribution is 5.96. The number of hydrogen-bond donors (Lipinski definition) is 0. The van der Waals surface area contributed by atoms with Crippen LogP contribution in [0, 0.1) is 13.8 Å². The van der Waals surface area contributed by atoms with Crippen LogP contribution < -0.4 is 0 Å². The second-order valence-corrected chi connectivity index (χ2v) is 7.91. The van der Waals surface area contributed by atoms with Crippen molar-refractivity contribution in [3.05, 3.63) is 28.7 Å². The highest BCUT2D eigenvalue weighted by atomic mass is 16.5. The maximum absolute atomic E-state index is 13.0. The molecular weight excluding hydrogens is 374 g/mol. The number of carbonyl (C=O) groups excluding carboxylic acids is 2. The Balaban J connectivity index is 1.67. The van der Waals surface area contributed by atoms with Crippen LogP contribution in [0.2, 0.25) is 0 Å². The molecule has 9 heteroatoms. The van der Waals surface area contributed by atoms with Crippen LogP contribution >= 0.6 is 0 Å². The van der Waals surface area contributed by atoms with Gasteiger partial charge in [-0.25, -0.2) is 0 Å². The van der Waals surface area contributed by atoms with Crippen LogP contribution in [0.5, 0.6) is 0 Å². The minimum atomic E-state index is -0.0887. The molecule has 0 aliphatic carbocycles. The van der Waals surface area contributed by atoms with E-state index in [9.17, 15) is 9.59 Å². The first kappa shape index (κ1) is 21.0. The van der Waals surface area contributed by atoms with Gasteiger partial charge >= 0.3 is 0 Å². The van der Waals surface area contributed by atoms with Gasteiger partial charge in [0, 0.05) is 44.9 Å². The Morgan fingerprint density at radius 3 is 2.59 bits per heavy atom. The molecule has 0 spiro atoms. The largest absolute Gasteiger partial charge is 0.361 e. The van der Waals surface area contributed by atoms with Crippen LogP contribution in [0.4, 0.5) is 0 Å². The van der Waals surface area contributed by atoms with E-state index in [-0.39, 0.29) is 23.8 Å². The van der Waals surface area contributed by atoms with E-state index in [2.05, 4.69) is 15.3 Å². The molecule has 0 aromatic carbocycles. The summed E-state index contributed by atoms with van der Waals surface area (Å²) in [4.78, 5) is 33.3. The minimum absolute atomic E-state index is 0.0192. The van der Waals surface area contributed by atoms with Crippen molar-refractivity contribution in [1.29, 1.82) is 0 Å².